The smallest absolute Gasteiger partial charge is 0.255 e. The summed E-state index contributed by atoms with van der Waals surface area (Å²) in [6.45, 7) is 6.36. The van der Waals surface area contributed by atoms with Crippen molar-refractivity contribution < 1.29 is 13.9 Å². The molecule has 0 spiro atoms. The van der Waals surface area contributed by atoms with E-state index in [0.29, 0.717) is 45.9 Å². The second kappa shape index (κ2) is 10.5. The zero-order chi connectivity index (χ0) is 25.1. The Labute approximate surface area is 213 Å². The minimum Gasteiger partial charge on any atom is -0.487 e. The van der Waals surface area contributed by atoms with Gasteiger partial charge >= 0.3 is 0 Å². The van der Waals surface area contributed by atoms with Crippen LogP contribution in [0, 0.1) is 26.6 Å². The molecule has 0 aliphatic carbocycles. The SMILES string of the molecule is Cc1ccc(Cl)c(OCc2ccc(C(=O)Nc3c(C)nn(Cc4ccc(F)cc4Cl)c3C)cc2)c1. The van der Waals surface area contributed by atoms with Crippen molar-refractivity contribution in [3.8, 4) is 5.75 Å². The molecule has 0 radical (unpaired) electrons. The molecule has 8 heteroatoms. The maximum Gasteiger partial charge on any atom is 0.255 e. The first kappa shape index (κ1) is 24.8. The van der Waals surface area contributed by atoms with Gasteiger partial charge in [-0.05, 0) is 73.9 Å². The Bertz CT molecular complexity index is 1380. The van der Waals surface area contributed by atoms with Crippen LogP contribution in [0.25, 0.3) is 0 Å². The molecule has 4 rings (SSSR count). The Balaban J connectivity index is 1.42. The van der Waals surface area contributed by atoms with Crippen LogP contribution in [0.3, 0.4) is 0 Å². The van der Waals surface area contributed by atoms with Crippen LogP contribution in [0.1, 0.15) is 38.4 Å². The van der Waals surface area contributed by atoms with Gasteiger partial charge in [0.05, 0.1) is 28.6 Å². The Morgan fingerprint density at radius 1 is 1.00 bits per heavy atom. The van der Waals surface area contributed by atoms with E-state index in [1.54, 1.807) is 28.9 Å². The highest BCUT2D eigenvalue weighted by Gasteiger charge is 2.16. The summed E-state index contributed by atoms with van der Waals surface area (Å²) < 4.78 is 20.9. The van der Waals surface area contributed by atoms with E-state index in [0.717, 1.165) is 22.4 Å². The topological polar surface area (TPSA) is 56.1 Å². The van der Waals surface area contributed by atoms with Gasteiger partial charge in [0.15, 0.2) is 0 Å². The second-order valence-electron chi connectivity index (χ2n) is 8.31. The number of benzene rings is 3. The third-order valence-corrected chi connectivity index (χ3v) is 6.32. The first-order valence-corrected chi connectivity index (χ1v) is 11.7. The number of anilines is 1. The summed E-state index contributed by atoms with van der Waals surface area (Å²) in [4.78, 5) is 12.9. The summed E-state index contributed by atoms with van der Waals surface area (Å²) in [7, 11) is 0. The van der Waals surface area contributed by atoms with E-state index >= 15 is 0 Å². The van der Waals surface area contributed by atoms with Crippen molar-refractivity contribution in [3.05, 3.63) is 110 Å². The molecule has 0 atom stereocenters. The summed E-state index contributed by atoms with van der Waals surface area (Å²) in [5.41, 5.74) is 5.30. The highest BCUT2D eigenvalue weighted by Crippen LogP contribution is 2.27. The van der Waals surface area contributed by atoms with Gasteiger partial charge < -0.3 is 10.1 Å². The van der Waals surface area contributed by atoms with Crippen molar-refractivity contribution in [2.24, 2.45) is 0 Å². The maximum absolute atomic E-state index is 13.3. The molecule has 0 fully saturated rings. The van der Waals surface area contributed by atoms with E-state index in [4.69, 9.17) is 27.9 Å². The number of aryl methyl sites for hydroxylation is 2. The zero-order valence-corrected chi connectivity index (χ0v) is 21.0. The average molecular weight is 512 g/mol. The van der Waals surface area contributed by atoms with Gasteiger partial charge in [-0.2, -0.15) is 5.10 Å². The molecule has 0 aliphatic heterocycles. The normalized spacial score (nSPS) is 10.9. The molecular formula is C27H24Cl2FN3O2. The van der Waals surface area contributed by atoms with Crippen molar-refractivity contribution in [1.29, 1.82) is 0 Å². The number of halogens is 3. The number of aromatic nitrogens is 2. The number of amides is 1. The number of hydrogen-bond donors (Lipinski definition) is 1. The number of carbonyl (C=O) groups is 1. The lowest BCUT2D eigenvalue weighted by atomic mass is 10.1. The third-order valence-electron chi connectivity index (χ3n) is 5.65. The zero-order valence-electron chi connectivity index (χ0n) is 19.5. The Kier molecular flexibility index (Phi) is 7.43. The minimum absolute atomic E-state index is 0.246. The van der Waals surface area contributed by atoms with Gasteiger partial charge in [-0.25, -0.2) is 4.39 Å². The van der Waals surface area contributed by atoms with E-state index in [1.165, 1.54) is 12.1 Å². The van der Waals surface area contributed by atoms with Crippen molar-refractivity contribution >= 4 is 34.8 Å². The minimum atomic E-state index is -0.392. The van der Waals surface area contributed by atoms with E-state index < -0.39 is 5.82 Å². The molecule has 180 valence electrons. The van der Waals surface area contributed by atoms with Crippen molar-refractivity contribution in [2.45, 2.75) is 33.9 Å². The molecule has 3 aromatic carbocycles. The lowest BCUT2D eigenvalue weighted by molar-refractivity contribution is 0.102. The summed E-state index contributed by atoms with van der Waals surface area (Å²) in [5, 5.41) is 8.36. The molecule has 0 saturated heterocycles. The van der Waals surface area contributed by atoms with Gasteiger partial charge in [-0.1, -0.05) is 47.5 Å². The standard InChI is InChI=1S/C27H24Cl2FN3O2/c1-16-4-11-23(28)25(12-16)35-15-19-5-7-20(8-6-19)27(34)31-26-17(2)32-33(18(26)3)14-21-9-10-22(30)13-24(21)29/h4-13H,14-15H2,1-3H3,(H,31,34). The largest absolute Gasteiger partial charge is 0.487 e. The molecule has 5 nitrogen and oxygen atoms in total. The Morgan fingerprint density at radius 2 is 1.74 bits per heavy atom. The molecule has 0 aliphatic rings. The summed E-state index contributed by atoms with van der Waals surface area (Å²) >= 11 is 12.3. The molecular weight excluding hydrogens is 488 g/mol. The van der Waals surface area contributed by atoms with Crippen LogP contribution in [-0.4, -0.2) is 15.7 Å². The number of carbonyl (C=O) groups excluding carboxylic acids is 1. The monoisotopic (exact) mass is 511 g/mol. The summed E-state index contributed by atoms with van der Waals surface area (Å²) in [6, 6.07) is 17.1. The molecule has 1 heterocycles. The second-order valence-corrected chi connectivity index (χ2v) is 9.13. The number of ether oxygens (including phenoxy) is 1. The first-order chi connectivity index (χ1) is 16.7. The van der Waals surface area contributed by atoms with Gasteiger partial charge in [-0.3, -0.25) is 9.48 Å². The van der Waals surface area contributed by atoms with E-state index in [1.807, 2.05) is 45.0 Å². The fraction of sp³-hybridized carbons (Fsp3) is 0.185. The van der Waals surface area contributed by atoms with Crippen LogP contribution >= 0.6 is 23.2 Å². The molecule has 35 heavy (non-hydrogen) atoms. The van der Waals surface area contributed by atoms with Crippen LogP contribution < -0.4 is 10.1 Å². The number of nitrogens with one attached hydrogen (secondary N) is 1. The quantitative estimate of drug-likeness (QED) is 0.287. The number of rotatable bonds is 7. The predicted molar refractivity (Wildman–Crippen MR) is 137 cm³/mol. The maximum atomic E-state index is 13.3. The molecule has 4 aromatic rings. The van der Waals surface area contributed by atoms with Crippen molar-refractivity contribution in [2.75, 3.05) is 5.32 Å². The van der Waals surface area contributed by atoms with Gasteiger partial charge in [0.1, 0.15) is 18.2 Å². The highest BCUT2D eigenvalue weighted by atomic mass is 35.5. The fourth-order valence-electron chi connectivity index (χ4n) is 3.66. The predicted octanol–water partition coefficient (Wildman–Crippen LogP) is 7.13. The van der Waals surface area contributed by atoms with Crippen LogP contribution in [0.15, 0.2) is 60.7 Å². The summed E-state index contributed by atoms with van der Waals surface area (Å²) in [6.07, 6.45) is 0. The highest BCUT2D eigenvalue weighted by molar-refractivity contribution is 6.32. The number of hydrogen-bond acceptors (Lipinski definition) is 3. The average Bonchev–Trinajstić information content (AvgIpc) is 3.09. The third kappa shape index (κ3) is 5.84. The Morgan fingerprint density at radius 3 is 2.46 bits per heavy atom. The van der Waals surface area contributed by atoms with Gasteiger partial charge in [0.2, 0.25) is 0 Å². The van der Waals surface area contributed by atoms with Crippen molar-refractivity contribution in [1.82, 2.24) is 9.78 Å². The van der Waals surface area contributed by atoms with Gasteiger partial charge in [0.25, 0.3) is 5.91 Å². The molecule has 1 aromatic heterocycles. The van der Waals surface area contributed by atoms with Gasteiger partial charge in [-0.15, -0.1) is 0 Å². The lowest BCUT2D eigenvalue weighted by Crippen LogP contribution is -2.13. The van der Waals surface area contributed by atoms with Crippen LogP contribution in [-0.2, 0) is 13.2 Å². The molecule has 0 unspecified atom stereocenters. The van der Waals surface area contributed by atoms with Crippen LogP contribution in [0.4, 0.5) is 10.1 Å². The lowest BCUT2D eigenvalue weighted by Gasteiger charge is -2.10. The van der Waals surface area contributed by atoms with E-state index in [2.05, 4.69) is 10.4 Å². The number of nitrogens with zero attached hydrogens (tertiary/aromatic N) is 2. The molecule has 1 N–H and O–H groups in total. The molecule has 1 amide bonds. The Hall–Kier alpha value is -3.35. The van der Waals surface area contributed by atoms with Gasteiger partial charge in [0, 0.05) is 10.6 Å². The first-order valence-electron chi connectivity index (χ1n) is 11.0. The van der Waals surface area contributed by atoms with Crippen LogP contribution in [0.2, 0.25) is 10.0 Å². The molecule has 0 saturated carbocycles. The molecule has 0 bridgehead atoms. The van der Waals surface area contributed by atoms with Crippen LogP contribution in [0.5, 0.6) is 5.75 Å². The van der Waals surface area contributed by atoms with E-state index in [9.17, 15) is 9.18 Å². The van der Waals surface area contributed by atoms with E-state index in [-0.39, 0.29) is 5.91 Å². The van der Waals surface area contributed by atoms with Crippen molar-refractivity contribution in [3.63, 3.8) is 0 Å². The fourth-order valence-corrected chi connectivity index (χ4v) is 4.06. The summed E-state index contributed by atoms with van der Waals surface area (Å²) in [5.74, 6) is -0.0141.